The maximum atomic E-state index is 6.19. The molecule has 1 aliphatic rings. The zero-order chi connectivity index (χ0) is 8.48. The summed E-state index contributed by atoms with van der Waals surface area (Å²) in [6, 6.07) is 0. The van der Waals surface area contributed by atoms with Crippen molar-refractivity contribution in [1.82, 2.24) is 4.90 Å². The third kappa shape index (κ3) is 1.94. The number of hydrogen-bond donors (Lipinski definition) is 1. The van der Waals surface area contributed by atoms with Gasteiger partial charge in [-0.2, -0.15) is 0 Å². The van der Waals surface area contributed by atoms with Gasteiger partial charge in [-0.05, 0) is 45.7 Å². The van der Waals surface area contributed by atoms with Gasteiger partial charge < -0.3 is 5.73 Å². The maximum absolute atomic E-state index is 6.19. The minimum Gasteiger partial charge on any atom is -0.313 e. The highest BCUT2D eigenvalue weighted by Gasteiger charge is 2.31. The molecule has 0 aromatic heterocycles. The third-order valence-corrected chi connectivity index (χ3v) is 3.03. The average Bonchev–Trinajstić information content (AvgIpc) is 1.95. The van der Waals surface area contributed by atoms with Crippen molar-refractivity contribution in [2.24, 2.45) is 11.7 Å². The highest BCUT2D eigenvalue weighted by Crippen LogP contribution is 2.30. The summed E-state index contributed by atoms with van der Waals surface area (Å²) in [6.07, 6.45) is 4.88. The molecule has 2 heteroatoms. The molecule has 1 rings (SSSR count). The summed E-state index contributed by atoms with van der Waals surface area (Å²) in [5.74, 6) is 0.881. The number of hydrogen-bond acceptors (Lipinski definition) is 2. The molecule has 0 aromatic carbocycles. The number of rotatable bonds is 1. The average molecular weight is 156 g/mol. The fourth-order valence-corrected chi connectivity index (χ4v) is 1.71. The molecule has 11 heavy (non-hydrogen) atoms. The SMILES string of the molecule is CC1CCC(N)(N(C)C)CC1. The Hall–Kier alpha value is -0.0800. The van der Waals surface area contributed by atoms with Gasteiger partial charge in [-0.25, -0.2) is 0 Å². The largest absolute Gasteiger partial charge is 0.313 e. The maximum Gasteiger partial charge on any atom is 0.0682 e. The summed E-state index contributed by atoms with van der Waals surface area (Å²) in [6.45, 7) is 2.31. The Bertz CT molecular complexity index is 124. The van der Waals surface area contributed by atoms with Crippen LogP contribution in [0, 0.1) is 5.92 Å². The summed E-state index contributed by atoms with van der Waals surface area (Å²) in [4.78, 5) is 2.17. The lowest BCUT2D eigenvalue weighted by Gasteiger charge is -2.41. The van der Waals surface area contributed by atoms with Gasteiger partial charge in [0.25, 0.3) is 0 Å². The molecule has 0 atom stereocenters. The molecule has 0 aromatic rings. The van der Waals surface area contributed by atoms with Crippen molar-refractivity contribution in [3.8, 4) is 0 Å². The molecule has 0 radical (unpaired) electrons. The second-order valence-electron chi connectivity index (χ2n) is 4.18. The Balaban J connectivity index is 2.48. The van der Waals surface area contributed by atoms with Gasteiger partial charge in [0.05, 0.1) is 5.66 Å². The molecule has 0 unspecified atom stereocenters. The van der Waals surface area contributed by atoms with E-state index in [1.807, 2.05) is 0 Å². The van der Waals surface area contributed by atoms with Crippen LogP contribution in [0.25, 0.3) is 0 Å². The first-order valence-electron chi connectivity index (χ1n) is 4.51. The fourth-order valence-electron chi connectivity index (χ4n) is 1.71. The van der Waals surface area contributed by atoms with E-state index in [0.717, 1.165) is 18.8 Å². The smallest absolute Gasteiger partial charge is 0.0682 e. The molecule has 1 saturated carbocycles. The van der Waals surface area contributed by atoms with E-state index in [4.69, 9.17) is 5.73 Å². The van der Waals surface area contributed by atoms with E-state index < -0.39 is 0 Å². The van der Waals surface area contributed by atoms with Gasteiger partial charge in [0.15, 0.2) is 0 Å². The first kappa shape index (κ1) is 9.01. The normalized spacial score (nSPS) is 39.5. The van der Waals surface area contributed by atoms with E-state index in [-0.39, 0.29) is 5.66 Å². The van der Waals surface area contributed by atoms with Crippen LogP contribution in [0.3, 0.4) is 0 Å². The summed E-state index contributed by atoms with van der Waals surface area (Å²) >= 11 is 0. The van der Waals surface area contributed by atoms with Crippen LogP contribution < -0.4 is 5.73 Å². The quantitative estimate of drug-likeness (QED) is 0.582. The topological polar surface area (TPSA) is 29.3 Å². The predicted molar refractivity (Wildman–Crippen MR) is 48.2 cm³/mol. The Kier molecular flexibility index (Phi) is 2.55. The highest BCUT2D eigenvalue weighted by atomic mass is 15.2. The zero-order valence-electron chi connectivity index (χ0n) is 7.93. The summed E-state index contributed by atoms with van der Waals surface area (Å²) < 4.78 is 0. The Morgan fingerprint density at radius 2 is 1.73 bits per heavy atom. The van der Waals surface area contributed by atoms with Gasteiger partial charge in [0.2, 0.25) is 0 Å². The van der Waals surface area contributed by atoms with Gasteiger partial charge in [0.1, 0.15) is 0 Å². The fraction of sp³-hybridized carbons (Fsp3) is 1.00. The van der Waals surface area contributed by atoms with E-state index in [9.17, 15) is 0 Å². The standard InChI is InChI=1S/C9H20N2/c1-8-4-6-9(10,7-5-8)11(2)3/h8H,4-7,10H2,1-3H3. The summed E-state index contributed by atoms with van der Waals surface area (Å²) in [5, 5.41) is 0. The molecule has 0 aliphatic heterocycles. The van der Waals surface area contributed by atoms with Crippen molar-refractivity contribution >= 4 is 0 Å². The van der Waals surface area contributed by atoms with Crippen LogP contribution >= 0.6 is 0 Å². The second-order valence-corrected chi connectivity index (χ2v) is 4.18. The van der Waals surface area contributed by atoms with Gasteiger partial charge >= 0.3 is 0 Å². The van der Waals surface area contributed by atoms with Crippen LogP contribution in [0.1, 0.15) is 32.6 Å². The van der Waals surface area contributed by atoms with E-state index in [1.54, 1.807) is 0 Å². The van der Waals surface area contributed by atoms with E-state index in [1.165, 1.54) is 12.8 Å². The minimum atomic E-state index is -0.00743. The molecule has 66 valence electrons. The van der Waals surface area contributed by atoms with Gasteiger partial charge in [-0.1, -0.05) is 6.92 Å². The molecule has 1 fully saturated rings. The predicted octanol–water partition coefficient (Wildman–Crippen LogP) is 1.41. The van der Waals surface area contributed by atoms with Crippen molar-refractivity contribution in [3.05, 3.63) is 0 Å². The zero-order valence-corrected chi connectivity index (χ0v) is 7.93. The van der Waals surface area contributed by atoms with Crippen molar-refractivity contribution in [2.75, 3.05) is 14.1 Å². The highest BCUT2D eigenvalue weighted by molar-refractivity contribution is 4.86. The monoisotopic (exact) mass is 156 g/mol. The Labute approximate surface area is 69.8 Å². The lowest BCUT2D eigenvalue weighted by molar-refractivity contribution is 0.0893. The molecule has 1 aliphatic carbocycles. The molecule has 0 heterocycles. The lowest BCUT2D eigenvalue weighted by Crippen LogP contribution is -2.54. The van der Waals surface area contributed by atoms with Crippen LogP contribution in [0.15, 0.2) is 0 Å². The first-order chi connectivity index (χ1) is 5.04. The molecule has 0 saturated heterocycles. The molecular weight excluding hydrogens is 136 g/mol. The van der Waals surface area contributed by atoms with Crippen LogP contribution in [-0.4, -0.2) is 24.7 Å². The molecule has 0 bridgehead atoms. The van der Waals surface area contributed by atoms with E-state index in [2.05, 4.69) is 25.9 Å². The van der Waals surface area contributed by atoms with Crippen LogP contribution in [-0.2, 0) is 0 Å². The molecule has 0 amide bonds. The van der Waals surface area contributed by atoms with Crippen molar-refractivity contribution in [2.45, 2.75) is 38.3 Å². The van der Waals surface area contributed by atoms with Crippen LogP contribution in [0.2, 0.25) is 0 Å². The van der Waals surface area contributed by atoms with E-state index >= 15 is 0 Å². The lowest BCUT2D eigenvalue weighted by atomic mass is 9.82. The number of nitrogens with zero attached hydrogens (tertiary/aromatic N) is 1. The Morgan fingerprint density at radius 3 is 2.09 bits per heavy atom. The van der Waals surface area contributed by atoms with Gasteiger partial charge in [-0.3, -0.25) is 4.90 Å². The van der Waals surface area contributed by atoms with Gasteiger partial charge in [0, 0.05) is 0 Å². The number of nitrogens with two attached hydrogens (primary N) is 1. The second kappa shape index (κ2) is 3.11. The Morgan fingerprint density at radius 1 is 1.27 bits per heavy atom. The molecule has 2 nitrogen and oxygen atoms in total. The van der Waals surface area contributed by atoms with E-state index in [0.29, 0.717) is 0 Å². The summed E-state index contributed by atoms with van der Waals surface area (Å²) in [7, 11) is 4.16. The van der Waals surface area contributed by atoms with Crippen molar-refractivity contribution < 1.29 is 0 Å². The van der Waals surface area contributed by atoms with Crippen molar-refractivity contribution in [1.29, 1.82) is 0 Å². The minimum absolute atomic E-state index is 0.00743. The van der Waals surface area contributed by atoms with Crippen LogP contribution in [0.5, 0.6) is 0 Å². The van der Waals surface area contributed by atoms with Crippen LogP contribution in [0.4, 0.5) is 0 Å². The van der Waals surface area contributed by atoms with Crippen molar-refractivity contribution in [3.63, 3.8) is 0 Å². The molecular formula is C9H20N2. The third-order valence-electron chi connectivity index (χ3n) is 3.03. The van der Waals surface area contributed by atoms with Gasteiger partial charge in [-0.15, -0.1) is 0 Å². The molecule has 2 N–H and O–H groups in total. The molecule has 0 spiro atoms. The summed E-state index contributed by atoms with van der Waals surface area (Å²) in [5.41, 5.74) is 6.18. The first-order valence-corrected chi connectivity index (χ1v) is 4.51.